The van der Waals surface area contributed by atoms with Gasteiger partial charge in [0.25, 0.3) is 0 Å². The predicted octanol–water partition coefficient (Wildman–Crippen LogP) is -7.10. The molecule has 42 nitrogen and oxygen atoms in total. The summed E-state index contributed by atoms with van der Waals surface area (Å²) in [5, 5.41) is 74.0. The molecule has 42 heteroatoms. The van der Waals surface area contributed by atoms with E-state index in [1.807, 2.05) is 0 Å². The quantitative estimate of drug-likeness (QED) is 0.0166. The van der Waals surface area contributed by atoms with E-state index >= 15 is 9.59 Å². The number of nitrogens with zero attached hydrogens (tertiary/aromatic N) is 3. The van der Waals surface area contributed by atoms with Crippen molar-refractivity contribution in [2.45, 2.75) is 221 Å². The number of aliphatic hydroxyl groups excluding tert-OH is 1. The number of aliphatic imine (C=N–C) groups is 2. The Hall–Kier alpha value is -11.4. The number of carbonyl (C=O) groups excluding carboxylic acids is 12. The molecule has 2 aromatic rings. The van der Waals surface area contributed by atoms with Crippen LogP contribution in [0.15, 0.2) is 58.5 Å². The monoisotopic (exact) mass is 1590 g/mol. The first kappa shape index (κ1) is 95.8. The average molecular weight is 1600 g/mol. The molecular weight excluding hydrogens is 1480 g/mol. The normalized spacial score (nSPS) is 15.2. The van der Waals surface area contributed by atoms with E-state index < -0.39 is 206 Å². The van der Waals surface area contributed by atoms with Gasteiger partial charge in [0.15, 0.2) is 11.9 Å². The van der Waals surface area contributed by atoms with Crippen LogP contribution in [0, 0.1) is 5.92 Å². The van der Waals surface area contributed by atoms with Crippen LogP contribution in [0.2, 0.25) is 0 Å². The maximum atomic E-state index is 15.4. The summed E-state index contributed by atoms with van der Waals surface area (Å²) >= 11 is 0. The molecule has 0 saturated carbocycles. The van der Waals surface area contributed by atoms with Crippen LogP contribution in [0.1, 0.15) is 146 Å². The first-order chi connectivity index (χ1) is 53.5. The molecule has 0 unspecified atom stereocenters. The first-order valence-electron chi connectivity index (χ1n) is 37.3. The van der Waals surface area contributed by atoms with E-state index in [1.165, 1.54) is 30.9 Å². The molecule has 2 aromatic carbocycles. The standard InChI is InChI=1S/C71H114N22O20/c1-38(2)57(67(110)88-48(24-26-54(76)96)63(106)84-46(17-7-10-30-74)61(104)90-51(69(112)113)35-56(99)100)92-66(109)53-34-40-13-3-4-14-41(40)36-93(53)68(111)50(19-12-32-82-71(79)80)89-60(103)45(16-6-9-29-73)86-65(108)52(37-94)91-62(105)47(18-11-31-81-70(77)78)85-64(107)49(25-27-55(97)98)87-59(102)44(15-5-8-28-72)83-58(101)43(75)33-39-20-22-42(95)23-21-39/h3-4,13-14,20-23,38,43-53,57,94-95H,5-12,15-19,24-37,72-75H2,1-2H3,(H2,76,96)(H,83,101)(H,84,106)(H,85,107)(H,86,108)(H,87,102)(H,88,110)(H,89,103)(H,90,104)(H,91,105)(H,92,109)(H,97,98)(H,99,100)(H,112,113)(H4,77,78,81)(H4,79,80,82)/t43-,44+,45+,46+,47+,48+,49+,50+,51+,52+,53-,57+/m1/s1. The molecule has 3 rings (SSSR count). The number of nitrogens with one attached hydrogen (secondary N) is 10. The lowest BCUT2D eigenvalue weighted by atomic mass is 9.91. The molecule has 0 aliphatic carbocycles. The number of primary amides is 1. The Bertz CT molecular complexity index is 3600. The topological polar surface area (TPSA) is 740 Å². The fourth-order valence-corrected chi connectivity index (χ4v) is 11.9. The smallest absolute Gasteiger partial charge is 0.326 e. The molecule has 0 radical (unpaired) electrons. The minimum atomic E-state index is -1.91. The van der Waals surface area contributed by atoms with Crippen LogP contribution in [0.4, 0.5) is 0 Å². The highest BCUT2D eigenvalue weighted by Crippen LogP contribution is 2.26. The fraction of sp³-hybridized carbons (Fsp3) is 0.592. The summed E-state index contributed by atoms with van der Waals surface area (Å²) in [4.78, 5) is 215. The molecule has 1 aliphatic heterocycles. The summed E-state index contributed by atoms with van der Waals surface area (Å²) < 4.78 is 0. The van der Waals surface area contributed by atoms with E-state index in [-0.39, 0.29) is 128 Å². The predicted molar refractivity (Wildman–Crippen MR) is 409 cm³/mol. The second-order valence-electron chi connectivity index (χ2n) is 27.5. The van der Waals surface area contributed by atoms with E-state index in [4.69, 9.17) is 51.6 Å². The fourth-order valence-electron chi connectivity index (χ4n) is 11.9. The number of hydrogen-bond acceptors (Lipinski definition) is 23. The van der Waals surface area contributed by atoms with Gasteiger partial charge in [-0.25, -0.2) is 4.79 Å². The Balaban J connectivity index is 2.03. The zero-order chi connectivity index (χ0) is 84.4. The average Bonchev–Trinajstić information content (AvgIpc) is 0.783. The number of carbonyl (C=O) groups is 15. The molecule has 33 N–H and O–H groups in total. The van der Waals surface area contributed by atoms with E-state index in [2.05, 4.69) is 63.2 Å². The Morgan fingerprint density at radius 2 is 0.850 bits per heavy atom. The number of carboxylic acid groups (broad SMARTS) is 3. The van der Waals surface area contributed by atoms with Gasteiger partial charge in [-0.05, 0) is 157 Å². The highest BCUT2D eigenvalue weighted by molar-refractivity contribution is 6.00. The van der Waals surface area contributed by atoms with Crippen molar-refractivity contribution in [3.05, 3.63) is 65.2 Å². The summed E-state index contributed by atoms with van der Waals surface area (Å²) in [6.45, 7) is 1.96. The number of guanidine groups is 2. The third-order valence-electron chi connectivity index (χ3n) is 18.1. The second kappa shape index (κ2) is 50.5. The minimum absolute atomic E-state index is 0.00874. The van der Waals surface area contributed by atoms with Crippen LogP contribution in [-0.4, -0.2) is 243 Å². The number of fused-ring (bicyclic) bond motifs is 1. The van der Waals surface area contributed by atoms with Crippen molar-refractivity contribution in [2.75, 3.05) is 39.3 Å². The number of aliphatic carboxylic acids is 3. The van der Waals surface area contributed by atoms with E-state index in [0.29, 0.717) is 42.4 Å². The zero-order valence-electron chi connectivity index (χ0n) is 63.6. The number of hydrogen-bond donors (Lipinski definition) is 24. The lowest BCUT2D eigenvalue weighted by Gasteiger charge is -2.39. The summed E-state index contributed by atoms with van der Waals surface area (Å²) in [6.07, 6.45) is -2.60. The molecule has 1 aliphatic rings. The van der Waals surface area contributed by atoms with Crippen molar-refractivity contribution < 1.29 is 97.5 Å². The third kappa shape index (κ3) is 35.3. The molecule has 0 fully saturated rings. The number of rotatable bonds is 54. The van der Waals surface area contributed by atoms with Crippen molar-refractivity contribution in [1.29, 1.82) is 0 Å². The summed E-state index contributed by atoms with van der Waals surface area (Å²) in [6, 6.07) is -6.35. The SMILES string of the molecule is CC(C)[C@H](NC(=O)[C@H]1Cc2ccccc2CN1C(=O)[C@H](CCCN=C(N)N)NC(=O)[C@H](CCCCN)NC(=O)[C@H](CO)NC(=O)[C@H](CCCN=C(N)N)NC(=O)[C@H](CCC(=O)O)NC(=O)[C@H](CCCCN)NC(=O)[C@H](N)Cc1ccc(O)cc1)C(=O)N[C@@H](CCC(N)=O)C(=O)N[C@@H](CCCCN)C(=O)N[C@@H](CC(=O)O)C(=O)O. The molecule has 12 amide bonds. The number of carboxylic acids is 3. The van der Waals surface area contributed by atoms with E-state index in [9.17, 15) is 87.9 Å². The van der Waals surface area contributed by atoms with Gasteiger partial charge in [0.2, 0.25) is 70.9 Å². The van der Waals surface area contributed by atoms with Crippen LogP contribution in [0.3, 0.4) is 0 Å². The largest absolute Gasteiger partial charge is 0.508 e. The van der Waals surface area contributed by atoms with Crippen LogP contribution >= 0.6 is 0 Å². The highest BCUT2D eigenvalue weighted by atomic mass is 16.4. The second-order valence-corrected chi connectivity index (χ2v) is 27.5. The number of unbranched alkanes of at least 4 members (excludes halogenated alkanes) is 3. The summed E-state index contributed by atoms with van der Waals surface area (Å²) in [7, 11) is 0. The lowest BCUT2D eigenvalue weighted by molar-refractivity contribution is -0.147. The maximum absolute atomic E-state index is 15.4. The molecule has 12 atom stereocenters. The van der Waals surface area contributed by atoms with Gasteiger partial charge >= 0.3 is 17.9 Å². The third-order valence-corrected chi connectivity index (χ3v) is 18.1. The van der Waals surface area contributed by atoms with Crippen LogP contribution in [0.5, 0.6) is 5.75 Å². The number of phenolic OH excluding ortho intramolecular Hbond substituents is 1. The van der Waals surface area contributed by atoms with Crippen LogP contribution in [-0.2, 0) is 91.3 Å². The highest BCUT2D eigenvalue weighted by Gasteiger charge is 2.42. The molecule has 628 valence electrons. The van der Waals surface area contributed by atoms with Gasteiger partial charge in [0.05, 0.1) is 19.1 Å². The van der Waals surface area contributed by atoms with Gasteiger partial charge in [-0.2, -0.15) is 0 Å². The van der Waals surface area contributed by atoms with Crippen molar-refractivity contribution in [1.82, 2.24) is 58.1 Å². The van der Waals surface area contributed by atoms with Gasteiger partial charge in [-0.1, -0.05) is 50.2 Å². The minimum Gasteiger partial charge on any atom is -0.508 e. The van der Waals surface area contributed by atoms with Crippen LogP contribution in [0.25, 0.3) is 0 Å². The van der Waals surface area contributed by atoms with Gasteiger partial charge < -0.3 is 135 Å². The van der Waals surface area contributed by atoms with Crippen molar-refractivity contribution in [3.63, 3.8) is 0 Å². The van der Waals surface area contributed by atoms with Gasteiger partial charge in [0.1, 0.15) is 72.2 Å². The number of benzene rings is 2. The zero-order valence-corrected chi connectivity index (χ0v) is 63.6. The van der Waals surface area contributed by atoms with Crippen molar-refractivity contribution in [2.24, 2.45) is 67.5 Å². The van der Waals surface area contributed by atoms with Gasteiger partial charge in [-0.3, -0.25) is 77.1 Å². The molecule has 113 heavy (non-hydrogen) atoms. The Kier molecular flexibility index (Phi) is 42.8. The summed E-state index contributed by atoms with van der Waals surface area (Å²) in [5.74, 6) is -18.0. The molecular formula is C71H114N22O20. The van der Waals surface area contributed by atoms with E-state index in [0.717, 1.165) is 0 Å². The number of aromatic hydroxyl groups is 1. The lowest BCUT2D eigenvalue weighted by Crippen LogP contribution is -2.62. The van der Waals surface area contributed by atoms with Gasteiger partial charge in [-0.15, -0.1) is 0 Å². The molecule has 0 saturated heterocycles. The van der Waals surface area contributed by atoms with E-state index in [1.54, 1.807) is 36.4 Å². The molecule has 0 spiro atoms. The Morgan fingerprint density at radius 1 is 0.460 bits per heavy atom. The van der Waals surface area contributed by atoms with Gasteiger partial charge in [0, 0.05) is 38.9 Å². The Labute approximate surface area is 653 Å². The number of phenols is 1. The van der Waals surface area contributed by atoms with Crippen molar-refractivity contribution in [3.8, 4) is 5.75 Å². The first-order valence-corrected chi connectivity index (χ1v) is 37.3. The number of aliphatic hydroxyl groups is 1. The number of amides is 12. The molecule has 1 heterocycles. The molecule has 0 bridgehead atoms. The Morgan fingerprint density at radius 3 is 1.27 bits per heavy atom. The molecule has 0 aromatic heterocycles. The number of nitrogens with two attached hydrogens (primary N) is 9. The summed E-state index contributed by atoms with van der Waals surface area (Å²) in [5.41, 5.74) is 53.0. The maximum Gasteiger partial charge on any atom is 0.326 e. The van der Waals surface area contributed by atoms with Crippen LogP contribution < -0.4 is 105 Å². The van der Waals surface area contributed by atoms with Crippen molar-refractivity contribution >= 4 is 101 Å².